The molecule has 0 spiro atoms. The lowest BCUT2D eigenvalue weighted by Crippen LogP contribution is -2.33. The fourth-order valence-electron chi connectivity index (χ4n) is 1.95. The maximum Gasteiger partial charge on any atom is 0.339 e. The molecule has 0 radical (unpaired) electrons. The molecule has 0 heterocycles. The van der Waals surface area contributed by atoms with Crippen LogP contribution in [0.15, 0.2) is 18.2 Å². The monoisotopic (exact) mass is 376 g/mol. The third kappa shape index (κ3) is 6.76. The lowest BCUT2D eigenvalue weighted by atomic mass is 10.2. The quantitative estimate of drug-likeness (QED) is 0.711. The summed E-state index contributed by atoms with van der Waals surface area (Å²) < 4.78 is 28.0. The Bertz CT molecular complexity index is 704. The van der Waals surface area contributed by atoms with Gasteiger partial charge in [0.15, 0.2) is 9.84 Å². The summed E-state index contributed by atoms with van der Waals surface area (Å²) in [5.41, 5.74) is 0.556. The fourth-order valence-corrected chi connectivity index (χ4v) is 3.81. The maximum absolute atomic E-state index is 11.8. The molecule has 0 aliphatic heterocycles. The number of sulfone groups is 1. The first-order valence-electron chi connectivity index (χ1n) is 7.27. The molecular formula is C15H21ClN2O5S. The third-order valence-electron chi connectivity index (χ3n) is 2.92. The Kier molecular flexibility index (Phi) is 7.50. The van der Waals surface area contributed by atoms with Crippen LogP contribution < -0.4 is 10.6 Å². The number of esters is 1. The van der Waals surface area contributed by atoms with Crippen LogP contribution in [0.25, 0.3) is 0 Å². The number of urea groups is 1. The van der Waals surface area contributed by atoms with E-state index in [1.54, 1.807) is 0 Å². The number of hydrogen-bond acceptors (Lipinski definition) is 5. The molecule has 0 fully saturated rings. The molecule has 0 atom stereocenters. The van der Waals surface area contributed by atoms with E-state index < -0.39 is 21.8 Å². The van der Waals surface area contributed by atoms with Crippen LogP contribution in [0, 0.1) is 5.92 Å². The van der Waals surface area contributed by atoms with Gasteiger partial charge in [-0.1, -0.05) is 25.4 Å². The molecule has 1 aromatic carbocycles. The summed E-state index contributed by atoms with van der Waals surface area (Å²) >= 11 is 5.95. The highest BCUT2D eigenvalue weighted by Gasteiger charge is 2.14. The molecule has 7 nitrogen and oxygen atoms in total. The van der Waals surface area contributed by atoms with E-state index in [1.807, 2.05) is 13.8 Å². The highest BCUT2D eigenvalue weighted by atomic mass is 35.5. The summed E-state index contributed by atoms with van der Waals surface area (Å²) in [6.07, 6.45) is 0. The molecule has 0 saturated heterocycles. The number of benzene rings is 1. The van der Waals surface area contributed by atoms with Gasteiger partial charge in [0.2, 0.25) is 0 Å². The van der Waals surface area contributed by atoms with Gasteiger partial charge >= 0.3 is 12.0 Å². The zero-order valence-corrected chi connectivity index (χ0v) is 15.3. The number of methoxy groups -OCH3 is 1. The average Bonchev–Trinajstić information content (AvgIpc) is 2.44. The van der Waals surface area contributed by atoms with E-state index in [9.17, 15) is 18.0 Å². The minimum Gasteiger partial charge on any atom is -0.465 e. The van der Waals surface area contributed by atoms with Crippen molar-refractivity contribution >= 4 is 39.1 Å². The highest BCUT2D eigenvalue weighted by Crippen LogP contribution is 2.21. The number of amides is 2. The van der Waals surface area contributed by atoms with E-state index in [0.29, 0.717) is 5.69 Å². The molecule has 0 unspecified atom stereocenters. The third-order valence-corrected chi connectivity index (χ3v) is 5.23. The lowest BCUT2D eigenvalue weighted by molar-refractivity contribution is 0.0601. The Balaban J connectivity index is 2.54. The summed E-state index contributed by atoms with van der Waals surface area (Å²) in [6, 6.07) is 3.77. The van der Waals surface area contributed by atoms with Gasteiger partial charge in [-0.2, -0.15) is 0 Å². The van der Waals surface area contributed by atoms with Crippen molar-refractivity contribution in [1.29, 1.82) is 0 Å². The molecule has 0 aliphatic rings. The standard InChI is InChI=1S/C15H21ClN2O5S/c1-10(2)9-24(21,22)7-6-17-15(20)18-11-4-5-12(13(16)8-11)14(19)23-3/h4-5,8,10H,6-7,9H2,1-3H3,(H2,17,18,20). The van der Waals surface area contributed by atoms with Gasteiger partial charge in [-0.05, 0) is 24.1 Å². The first-order valence-corrected chi connectivity index (χ1v) is 9.47. The zero-order valence-electron chi connectivity index (χ0n) is 13.8. The summed E-state index contributed by atoms with van der Waals surface area (Å²) in [5.74, 6) is -0.577. The second-order valence-electron chi connectivity index (χ2n) is 5.58. The van der Waals surface area contributed by atoms with E-state index in [4.69, 9.17) is 11.6 Å². The lowest BCUT2D eigenvalue weighted by Gasteiger charge is -2.10. The Morgan fingerprint density at radius 3 is 2.50 bits per heavy atom. The number of carbonyl (C=O) groups is 2. The summed E-state index contributed by atoms with van der Waals surface area (Å²) in [7, 11) is -1.95. The van der Waals surface area contributed by atoms with Crippen LogP contribution in [0.3, 0.4) is 0 Å². The molecule has 0 aromatic heterocycles. The van der Waals surface area contributed by atoms with Crippen molar-refractivity contribution in [2.24, 2.45) is 5.92 Å². The van der Waals surface area contributed by atoms with E-state index >= 15 is 0 Å². The molecular weight excluding hydrogens is 356 g/mol. The van der Waals surface area contributed by atoms with Crippen LogP contribution >= 0.6 is 11.6 Å². The Labute approximate surface area is 146 Å². The van der Waals surface area contributed by atoms with Gasteiger partial charge in [0, 0.05) is 12.2 Å². The van der Waals surface area contributed by atoms with Crippen molar-refractivity contribution in [3.05, 3.63) is 28.8 Å². The fraction of sp³-hybridized carbons (Fsp3) is 0.467. The number of nitrogens with one attached hydrogen (secondary N) is 2. The van der Waals surface area contributed by atoms with Crippen molar-refractivity contribution in [3.8, 4) is 0 Å². The van der Waals surface area contributed by atoms with Crippen molar-refractivity contribution in [1.82, 2.24) is 5.32 Å². The Hall–Kier alpha value is -1.80. The number of rotatable bonds is 7. The Morgan fingerprint density at radius 1 is 1.29 bits per heavy atom. The van der Waals surface area contributed by atoms with E-state index in [2.05, 4.69) is 15.4 Å². The van der Waals surface area contributed by atoms with Crippen LogP contribution in [0.2, 0.25) is 5.02 Å². The molecule has 9 heteroatoms. The minimum atomic E-state index is -3.19. The number of halogens is 1. The van der Waals surface area contributed by atoms with Crippen molar-refractivity contribution < 1.29 is 22.7 Å². The summed E-state index contributed by atoms with van der Waals surface area (Å²) in [5, 5.41) is 5.12. The van der Waals surface area contributed by atoms with Gasteiger partial charge in [-0.3, -0.25) is 0 Å². The van der Waals surface area contributed by atoms with Gasteiger partial charge in [0.1, 0.15) is 0 Å². The second-order valence-corrected chi connectivity index (χ2v) is 8.21. The van der Waals surface area contributed by atoms with Gasteiger partial charge in [0.25, 0.3) is 0 Å². The molecule has 24 heavy (non-hydrogen) atoms. The number of carbonyl (C=O) groups excluding carboxylic acids is 2. The van der Waals surface area contributed by atoms with Crippen LogP contribution in [0.5, 0.6) is 0 Å². The van der Waals surface area contributed by atoms with Crippen LogP contribution in [-0.4, -0.2) is 45.6 Å². The molecule has 134 valence electrons. The second kappa shape index (κ2) is 8.89. The SMILES string of the molecule is COC(=O)c1ccc(NC(=O)NCCS(=O)(=O)CC(C)C)cc1Cl. The number of hydrogen-bond donors (Lipinski definition) is 2. The average molecular weight is 377 g/mol. The van der Waals surface area contributed by atoms with Crippen molar-refractivity contribution in [2.45, 2.75) is 13.8 Å². The summed E-state index contributed by atoms with van der Waals surface area (Å²) in [4.78, 5) is 23.2. The number of anilines is 1. The molecule has 2 amide bonds. The Morgan fingerprint density at radius 2 is 1.96 bits per heavy atom. The minimum absolute atomic E-state index is 0.00879. The normalized spacial score (nSPS) is 11.2. The molecule has 0 bridgehead atoms. The summed E-state index contributed by atoms with van der Waals surface area (Å²) in [6.45, 7) is 3.65. The van der Waals surface area contributed by atoms with Crippen LogP contribution in [-0.2, 0) is 14.6 Å². The topological polar surface area (TPSA) is 102 Å². The van der Waals surface area contributed by atoms with Crippen LogP contribution in [0.1, 0.15) is 24.2 Å². The van der Waals surface area contributed by atoms with E-state index in [-0.39, 0.29) is 34.6 Å². The van der Waals surface area contributed by atoms with Crippen LogP contribution in [0.4, 0.5) is 10.5 Å². The van der Waals surface area contributed by atoms with Gasteiger partial charge in [-0.25, -0.2) is 18.0 Å². The first kappa shape index (κ1) is 20.2. The van der Waals surface area contributed by atoms with Crippen molar-refractivity contribution in [3.63, 3.8) is 0 Å². The predicted octanol–water partition coefficient (Wildman–Crippen LogP) is 2.32. The van der Waals surface area contributed by atoms with Gasteiger partial charge in [-0.15, -0.1) is 0 Å². The van der Waals surface area contributed by atoms with Gasteiger partial charge < -0.3 is 15.4 Å². The largest absolute Gasteiger partial charge is 0.465 e. The molecule has 0 saturated carbocycles. The van der Waals surface area contributed by atoms with Crippen molar-refractivity contribution in [2.75, 3.05) is 30.5 Å². The maximum atomic E-state index is 11.8. The molecule has 2 N–H and O–H groups in total. The highest BCUT2D eigenvalue weighted by molar-refractivity contribution is 7.91. The van der Waals surface area contributed by atoms with E-state index in [1.165, 1.54) is 25.3 Å². The van der Waals surface area contributed by atoms with E-state index in [0.717, 1.165) is 0 Å². The predicted molar refractivity (Wildman–Crippen MR) is 93.3 cm³/mol. The smallest absolute Gasteiger partial charge is 0.339 e. The number of ether oxygens (including phenoxy) is 1. The molecule has 1 aromatic rings. The first-order chi connectivity index (χ1) is 11.1. The molecule has 0 aliphatic carbocycles. The van der Waals surface area contributed by atoms with Gasteiger partial charge in [0.05, 0.1) is 29.2 Å². The molecule has 1 rings (SSSR count). The zero-order chi connectivity index (χ0) is 18.3.